The van der Waals surface area contributed by atoms with Gasteiger partial charge in [0, 0.05) is 35.2 Å². The van der Waals surface area contributed by atoms with E-state index >= 15 is 0 Å². The molecule has 0 bridgehead atoms. The Morgan fingerprint density at radius 2 is 1.92 bits per heavy atom. The number of H-pyrrole nitrogens is 1. The lowest BCUT2D eigenvalue weighted by atomic mass is 10.1. The molecular weight excluding hydrogens is 330 g/mol. The number of nitrogens with zero attached hydrogens (tertiary/aromatic N) is 1. The first kappa shape index (κ1) is 17.1. The first-order chi connectivity index (χ1) is 12.3. The number of rotatable bonds is 7. The van der Waals surface area contributed by atoms with Crippen molar-refractivity contribution in [3.8, 4) is 6.07 Å². The van der Waals surface area contributed by atoms with E-state index in [0.717, 1.165) is 39.1 Å². The highest BCUT2D eigenvalue weighted by molar-refractivity contribution is 7.98. The van der Waals surface area contributed by atoms with Crippen LogP contribution in [-0.2, 0) is 17.0 Å². The molecule has 0 unspecified atom stereocenters. The van der Waals surface area contributed by atoms with Gasteiger partial charge in [0.25, 0.3) is 0 Å². The van der Waals surface area contributed by atoms with Gasteiger partial charge in [-0.25, -0.2) is 0 Å². The fraction of sp³-hybridized carbons (Fsp3) is 0.200. The van der Waals surface area contributed by atoms with E-state index < -0.39 is 0 Å². The van der Waals surface area contributed by atoms with E-state index in [-0.39, 0.29) is 5.91 Å². The van der Waals surface area contributed by atoms with E-state index in [4.69, 9.17) is 5.26 Å². The Bertz CT molecular complexity index is 910. The third kappa shape index (κ3) is 4.43. The van der Waals surface area contributed by atoms with Gasteiger partial charge in [-0.05, 0) is 23.3 Å². The lowest BCUT2D eigenvalue weighted by Crippen LogP contribution is -2.27. The SMILES string of the molecule is N#Cc1ccccc1CSCCNC(=O)Cc1c[nH]c2ccccc12. The lowest BCUT2D eigenvalue weighted by Gasteiger charge is -2.06. The summed E-state index contributed by atoms with van der Waals surface area (Å²) in [6.45, 7) is 0.626. The molecule has 0 aliphatic rings. The molecule has 0 saturated carbocycles. The normalized spacial score (nSPS) is 10.5. The van der Waals surface area contributed by atoms with Crippen LogP contribution in [0.25, 0.3) is 10.9 Å². The van der Waals surface area contributed by atoms with Crippen molar-refractivity contribution < 1.29 is 4.79 Å². The summed E-state index contributed by atoms with van der Waals surface area (Å²) in [5.41, 5.74) is 3.83. The molecule has 0 aliphatic heterocycles. The molecule has 0 atom stereocenters. The molecule has 0 aliphatic carbocycles. The van der Waals surface area contributed by atoms with Gasteiger partial charge in [-0.2, -0.15) is 17.0 Å². The van der Waals surface area contributed by atoms with E-state index in [1.54, 1.807) is 11.8 Å². The van der Waals surface area contributed by atoms with Crippen LogP contribution < -0.4 is 5.32 Å². The van der Waals surface area contributed by atoms with E-state index in [1.165, 1.54) is 0 Å². The molecule has 3 rings (SSSR count). The van der Waals surface area contributed by atoms with Crippen LogP contribution in [0.4, 0.5) is 0 Å². The Morgan fingerprint density at radius 3 is 2.80 bits per heavy atom. The van der Waals surface area contributed by atoms with Gasteiger partial charge in [0.2, 0.25) is 5.91 Å². The number of thioether (sulfide) groups is 1. The molecule has 0 saturated heterocycles. The summed E-state index contributed by atoms with van der Waals surface area (Å²) in [4.78, 5) is 15.3. The Kier molecular flexibility index (Phi) is 5.76. The van der Waals surface area contributed by atoms with Crippen molar-refractivity contribution >= 4 is 28.6 Å². The number of para-hydroxylation sites is 1. The maximum atomic E-state index is 12.1. The number of carbonyl (C=O) groups is 1. The quantitative estimate of drug-likeness (QED) is 0.640. The first-order valence-corrected chi connectivity index (χ1v) is 9.31. The summed E-state index contributed by atoms with van der Waals surface area (Å²) < 4.78 is 0. The lowest BCUT2D eigenvalue weighted by molar-refractivity contribution is -0.120. The number of benzene rings is 2. The number of nitriles is 1. The van der Waals surface area contributed by atoms with Gasteiger partial charge in [0.15, 0.2) is 0 Å². The van der Waals surface area contributed by atoms with Gasteiger partial charge in [0.1, 0.15) is 0 Å². The molecule has 1 heterocycles. The Balaban J connectivity index is 1.42. The Hall–Kier alpha value is -2.71. The van der Waals surface area contributed by atoms with E-state index in [0.29, 0.717) is 13.0 Å². The van der Waals surface area contributed by atoms with Crippen molar-refractivity contribution in [3.05, 3.63) is 71.4 Å². The van der Waals surface area contributed by atoms with Crippen LogP contribution in [0.2, 0.25) is 0 Å². The van der Waals surface area contributed by atoms with Crippen LogP contribution in [0.15, 0.2) is 54.7 Å². The Labute approximate surface area is 151 Å². The average molecular weight is 349 g/mol. The number of aromatic amines is 1. The summed E-state index contributed by atoms with van der Waals surface area (Å²) in [6.07, 6.45) is 2.28. The zero-order chi connectivity index (χ0) is 17.5. The molecule has 1 aromatic heterocycles. The van der Waals surface area contributed by atoms with Gasteiger partial charge >= 0.3 is 0 Å². The van der Waals surface area contributed by atoms with Crippen LogP contribution in [0, 0.1) is 11.3 Å². The fourth-order valence-corrected chi connectivity index (χ4v) is 3.58. The van der Waals surface area contributed by atoms with Crippen molar-refractivity contribution in [2.24, 2.45) is 0 Å². The highest BCUT2D eigenvalue weighted by Gasteiger charge is 2.08. The third-order valence-electron chi connectivity index (χ3n) is 3.99. The van der Waals surface area contributed by atoms with Gasteiger partial charge in [-0.1, -0.05) is 36.4 Å². The number of fused-ring (bicyclic) bond motifs is 1. The fourth-order valence-electron chi connectivity index (χ4n) is 2.71. The average Bonchev–Trinajstić information content (AvgIpc) is 3.05. The molecule has 5 heteroatoms. The zero-order valence-electron chi connectivity index (χ0n) is 13.8. The summed E-state index contributed by atoms with van der Waals surface area (Å²) in [7, 11) is 0. The second kappa shape index (κ2) is 8.41. The van der Waals surface area contributed by atoms with Crippen LogP contribution in [0.3, 0.4) is 0 Å². The topological polar surface area (TPSA) is 68.7 Å². The molecule has 2 aromatic carbocycles. The third-order valence-corrected chi connectivity index (χ3v) is 5.00. The molecular formula is C20H19N3OS. The largest absolute Gasteiger partial charge is 0.361 e. The minimum absolute atomic E-state index is 0.0304. The smallest absolute Gasteiger partial charge is 0.224 e. The molecule has 3 aromatic rings. The van der Waals surface area contributed by atoms with Crippen molar-refractivity contribution in [1.82, 2.24) is 10.3 Å². The molecule has 126 valence electrons. The van der Waals surface area contributed by atoms with Crippen molar-refractivity contribution in [1.29, 1.82) is 5.26 Å². The molecule has 0 fully saturated rings. The number of carbonyl (C=O) groups excluding carboxylic acids is 1. The van der Waals surface area contributed by atoms with Crippen LogP contribution >= 0.6 is 11.8 Å². The Morgan fingerprint density at radius 1 is 1.12 bits per heavy atom. The van der Waals surface area contributed by atoms with Crippen molar-refractivity contribution in [3.63, 3.8) is 0 Å². The number of hydrogen-bond donors (Lipinski definition) is 2. The van der Waals surface area contributed by atoms with Gasteiger partial charge in [-0.3, -0.25) is 4.79 Å². The molecule has 0 spiro atoms. The summed E-state index contributed by atoms with van der Waals surface area (Å²) >= 11 is 1.72. The standard InChI is InChI=1S/C20H19N3OS/c21-12-15-5-1-2-6-16(15)14-25-10-9-22-20(24)11-17-13-23-19-8-4-3-7-18(17)19/h1-8,13,23H,9-11,14H2,(H,22,24). The van der Waals surface area contributed by atoms with Crippen molar-refractivity contribution in [2.45, 2.75) is 12.2 Å². The minimum Gasteiger partial charge on any atom is -0.361 e. The predicted molar refractivity (Wildman–Crippen MR) is 102 cm³/mol. The number of aromatic nitrogens is 1. The number of amides is 1. The number of hydrogen-bond acceptors (Lipinski definition) is 3. The highest BCUT2D eigenvalue weighted by Crippen LogP contribution is 2.18. The van der Waals surface area contributed by atoms with E-state index in [2.05, 4.69) is 16.4 Å². The van der Waals surface area contributed by atoms with Crippen LogP contribution in [0.1, 0.15) is 16.7 Å². The zero-order valence-corrected chi connectivity index (χ0v) is 14.6. The summed E-state index contributed by atoms with van der Waals surface area (Å²) in [5, 5.41) is 13.1. The van der Waals surface area contributed by atoms with Crippen LogP contribution in [-0.4, -0.2) is 23.2 Å². The van der Waals surface area contributed by atoms with E-state index in [9.17, 15) is 4.79 Å². The maximum Gasteiger partial charge on any atom is 0.224 e. The predicted octanol–water partition coefficient (Wildman–Crippen LogP) is 3.63. The second-order valence-electron chi connectivity index (χ2n) is 5.71. The monoisotopic (exact) mass is 349 g/mol. The first-order valence-electron chi connectivity index (χ1n) is 8.15. The maximum absolute atomic E-state index is 12.1. The second-order valence-corrected chi connectivity index (χ2v) is 6.81. The summed E-state index contributed by atoms with van der Waals surface area (Å²) in [6, 6.07) is 17.8. The minimum atomic E-state index is 0.0304. The van der Waals surface area contributed by atoms with Gasteiger partial charge in [0.05, 0.1) is 18.1 Å². The summed E-state index contributed by atoms with van der Waals surface area (Å²) in [5.74, 6) is 1.63. The van der Waals surface area contributed by atoms with Crippen LogP contribution in [0.5, 0.6) is 0 Å². The van der Waals surface area contributed by atoms with E-state index in [1.807, 2.05) is 54.7 Å². The van der Waals surface area contributed by atoms with Crippen molar-refractivity contribution in [2.75, 3.05) is 12.3 Å². The number of nitrogens with one attached hydrogen (secondary N) is 2. The van der Waals surface area contributed by atoms with Gasteiger partial charge < -0.3 is 10.3 Å². The molecule has 0 radical (unpaired) electrons. The molecule has 4 nitrogen and oxygen atoms in total. The van der Waals surface area contributed by atoms with Gasteiger partial charge in [-0.15, -0.1) is 0 Å². The molecule has 25 heavy (non-hydrogen) atoms. The molecule has 2 N–H and O–H groups in total. The highest BCUT2D eigenvalue weighted by atomic mass is 32.2. The molecule has 1 amide bonds.